The molecular formula is C41H25N5. The van der Waals surface area contributed by atoms with Crippen molar-refractivity contribution in [3.63, 3.8) is 0 Å². The molecule has 10 aromatic rings. The molecule has 0 saturated carbocycles. The highest BCUT2D eigenvalue weighted by Crippen LogP contribution is 2.39. The van der Waals surface area contributed by atoms with Crippen LogP contribution in [0.1, 0.15) is 0 Å². The van der Waals surface area contributed by atoms with Crippen LogP contribution >= 0.6 is 0 Å². The van der Waals surface area contributed by atoms with Crippen LogP contribution in [0.4, 0.5) is 0 Å². The largest absolute Gasteiger partial charge is 0.314 e. The molecule has 10 rings (SSSR count). The Labute approximate surface area is 263 Å². The van der Waals surface area contributed by atoms with Crippen molar-refractivity contribution in [1.82, 2.24) is 23.8 Å². The van der Waals surface area contributed by atoms with Gasteiger partial charge in [0.25, 0.3) is 0 Å². The van der Waals surface area contributed by atoms with Crippen molar-refractivity contribution in [2.75, 3.05) is 0 Å². The molecule has 46 heavy (non-hydrogen) atoms. The van der Waals surface area contributed by atoms with Crippen molar-refractivity contribution < 1.29 is 0 Å². The average molecular weight is 588 g/mol. The predicted octanol–water partition coefficient (Wildman–Crippen LogP) is 9.99. The van der Waals surface area contributed by atoms with Crippen molar-refractivity contribution in [3.8, 4) is 34.2 Å². The number of hydrogen-bond donors (Lipinski definition) is 0. The minimum absolute atomic E-state index is 0.641. The van der Waals surface area contributed by atoms with E-state index >= 15 is 0 Å². The van der Waals surface area contributed by atoms with Gasteiger partial charge in [-0.05, 0) is 30.3 Å². The SMILES string of the molecule is c1ccc(-c2nc(-c3ccccc3)nc(-c3cc4ccn5c6ccccc6c6cccc7c8ccccc8n(c(c3)c45)c67)n2)cc1. The number of hydrogen-bond acceptors (Lipinski definition) is 3. The normalized spacial score (nSPS) is 11.9. The lowest BCUT2D eigenvalue weighted by atomic mass is 10.1. The summed E-state index contributed by atoms with van der Waals surface area (Å²) < 4.78 is 4.77. The Bertz CT molecular complexity index is 2740. The maximum absolute atomic E-state index is 5.09. The van der Waals surface area contributed by atoms with E-state index in [4.69, 9.17) is 15.0 Å². The first-order valence-electron chi connectivity index (χ1n) is 15.5. The summed E-state index contributed by atoms with van der Waals surface area (Å²) in [4.78, 5) is 15.1. The van der Waals surface area contributed by atoms with Gasteiger partial charge in [0.1, 0.15) is 0 Å². The molecule has 0 radical (unpaired) electrons. The molecule has 5 nitrogen and oxygen atoms in total. The van der Waals surface area contributed by atoms with Crippen molar-refractivity contribution in [1.29, 1.82) is 0 Å². The molecule has 6 aromatic carbocycles. The van der Waals surface area contributed by atoms with Crippen LogP contribution in [-0.4, -0.2) is 23.8 Å². The topological polar surface area (TPSA) is 47.5 Å². The Balaban J connectivity index is 1.39. The maximum Gasteiger partial charge on any atom is 0.164 e. The van der Waals surface area contributed by atoms with E-state index in [0.717, 1.165) is 38.6 Å². The second kappa shape index (κ2) is 9.58. The van der Waals surface area contributed by atoms with Gasteiger partial charge in [-0.1, -0.05) is 115 Å². The quantitative estimate of drug-likeness (QED) is 0.207. The molecule has 0 fully saturated rings. The molecule has 0 N–H and O–H groups in total. The van der Waals surface area contributed by atoms with Crippen LogP contribution in [0.15, 0.2) is 152 Å². The maximum atomic E-state index is 5.09. The van der Waals surface area contributed by atoms with Gasteiger partial charge in [0.15, 0.2) is 17.5 Å². The number of nitrogens with zero attached hydrogens (tertiary/aromatic N) is 5. The third-order valence-corrected chi connectivity index (χ3v) is 9.11. The molecule has 4 heterocycles. The molecule has 0 aliphatic rings. The van der Waals surface area contributed by atoms with E-state index in [1.54, 1.807) is 0 Å². The molecule has 0 unspecified atom stereocenters. The summed E-state index contributed by atoms with van der Waals surface area (Å²) in [5.41, 5.74) is 8.61. The van der Waals surface area contributed by atoms with Crippen LogP contribution in [0.25, 0.3) is 88.7 Å². The Kier molecular flexibility index (Phi) is 5.22. The van der Waals surface area contributed by atoms with Crippen LogP contribution in [0.5, 0.6) is 0 Å². The van der Waals surface area contributed by atoms with Gasteiger partial charge < -0.3 is 8.80 Å². The van der Waals surface area contributed by atoms with Gasteiger partial charge >= 0.3 is 0 Å². The van der Waals surface area contributed by atoms with Gasteiger partial charge in [0.05, 0.1) is 27.6 Å². The number of aromatic nitrogens is 5. The van der Waals surface area contributed by atoms with E-state index in [9.17, 15) is 0 Å². The van der Waals surface area contributed by atoms with E-state index in [1.807, 2.05) is 60.7 Å². The van der Waals surface area contributed by atoms with Crippen LogP contribution in [0.3, 0.4) is 0 Å². The van der Waals surface area contributed by atoms with E-state index in [1.165, 1.54) is 32.6 Å². The van der Waals surface area contributed by atoms with E-state index in [-0.39, 0.29) is 0 Å². The summed E-state index contributed by atoms with van der Waals surface area (Å²) in [6.07, 6.45) is 2.19. The number of fused-ring (bicyclic) bond motifs is 7. The minimum atomic E-state index is 0.641. The molecular weight excluding hydrogens is 562 g/mol. The van der Waals surface area contributed by atoms with Crippen LogP contribution < -0.4 is 0 Å². The average Bonchev–Trinajstić information content (AvgIpc) is 3.71. The third-order valence-electron chi connectivity index (χ3n) is 9.11. The summed E-state index contributed by atoms with van der Waals surface area (Å²) in [6, 6.07) is 51.0. The lowest BCUT2D eigenvalue weighted by Gasteiger charge is -2.12. The monoisotopic (exact) mass is 587 g/mol. The molecule has 0 aliphatic heterocycles. The minimum Gasteiger partial charge on any atom is -0.314 e. The van der Waals surface area contributed by atoms with Gasteiger partial charge in [-0.15, -0.1) is 0 Å². The first-order valence-corrected chi connectivity index (χ1v) is 15.5. The Morgan fingerprint density at radius 2 is 0.891 bits per heavy atom. The van der Waals surface area contributed by atoms with Crippen molar-refractivity contribution in [2.45, 2.75) is 0 Å². The molecule has 0 aliphatic carbocycles. The standard InChI is InChI=1S/C41H25N5/c1-3-12-26(13-4-1)39-42-40(27-14-5-2-6-15-27)44-41(43-39)29-24-28-22-23-45-34-20-9-7-16-30(34)32-18-11-19-33-31-17-8-10-21-35(31)46(38(32)33)36(25-29)37(28)45/h1-25H. The zero-order chi connectivity index (χ0) is 30.2. The summed E-state index contributed by atoms with van der Waals surface area (Å²) in [6.45, 7) is 0. The van der Waals surface area contributed by atoms with Crippen molar-refractivity contribution >= 4 is 54.5 Å². The Morgan fingerprint density at radius 3 is 1.54 bits per heavy atom. The highest BCUT2D eigenvalue weighted by Gasteiger charge is 2.19. The molecule has 0 amide bonds. The lowest BCUT2D eigenvalue weighted by Crippen LogP contribution is -2.01. The van der Waals surface area contributed by atoms with Crippen LogP contribution in [-0.2, 0) is 0 Å². The molecule has 0 bridgehead atoms. The fourth-order valence-electron chi connectivity index (χ4n) is 7.10. The second-order valence-corrected chi connectivity index (χ2v) is 11.7. The third kappa shape index (κ3) is 3.60. The van der Waals surface area contributed by atoms with Gasteiger partial charge in [-0.2, -0.15) is 0 Å². The summed E-state index contributed by atoms with van der Waals surface area (Å²) in [5.74, 6) is 1.94. The Hall–Kier alpha value is -6.33. The fraction of sp³-hybridized carbons (Fsp3) is 0. The summed E-state index contributed by atoms with van der Waals surface area (Å²) >= 11 is 0. The lowest BCUT2D eigenvalue weighted by molar-refractivity contribution is 1.07. The van der Waals surface area contributed by atoms with E-state index < -0.39 is 0 Å². The zero-order valence-corrected chi connectivity index (χ0v) is 24.7. The predicted molar refractivity (Wildman–Crippen MR) is 188 cm³/mol. The second-order valence-electron chi connectivity index (χ2n) is 11.7. The van der Waals surface area contributed by atoms with E-state index in [0.29, 0.717) is 17.5 Å². The Morgan fingerprint density at radius 1 is 0.370 bits per heavy atom. The molecule has 0 atom stereocenters. The molecule has 0 spiro atoms. The van der Waals surface area contributed by atoms with Gasteiger partial charge in [0.2, 0.25) is 0 Å². The van der Waals surface area contributed by atoms with Gasteiger partial charge in [-0.3, -0.25) is 0 Å². The molecule has 5 heteroatoms. The van der Waals surface area contributed by atoms with Crippen molar-refractivity contribution in [2.24, 2.45) is 0 Å². The highest BCUT2D eigenvalue weighted by molar-refractivity contribution is 6.21. The molecule has 0 saturated heterocycles. The van der Waals surface area contributed by atoms with Crippen LogP contribution in [0.2, 0.25) is 0 Å². The smallest absolute Gasteiger partial charge is 0.164 e. The fourth-order valence-corrected chi connectivity index (χ4v) is 7.10. The number of benzene rings is 6. The number of rotatable bonds is 3. The summed E-state index contributed by atoms with van der Waals surface area (Å²) in [5, 5.41) is 6.00. The molecule has 214 valence electrons. The van der Waals surface area contributed by atoms with Crippen LogP contribution in [0, 0.1) is 0 Å². The van der Waals surface area contributed by atoms with Gasteiger partial charge in [0, 0.05) is 49.8 Å². The van der Waals surface area contributed by atoms with E-state index in [2.05, 4.69) is 99.9 Å². The van der Waals surface area contributed by atoms with Crippen molar-refractivity contribution in [3.05, 3.63) is 152 Å². The summed E-state index contributed by atoms with van der Waals surface area (Å²) in [7, 11) is 0. The first-order chi connectivity index (χ1) is 22.8. The zero-order valence-electron chi connectivity index (χ0n) is 24.7. The van der Waals surface area contributed by atoms with Gasteiger partial charge in [-0.25, -0.2) is 15.0 Å². The number of para-hydroxylation sites is 3. The highest BCUT2D eigenvalue weighted by atomic mass is 15.0. The first kappa shape index (κ1) is 25.0. The molecule has 4 aromatic heterocycles.